The average Bonchev–Trinajstić information content (AvgIpc) is 2.77. The standard InChI is InChI=1S/C16H19ClN2/c1-12(2)19-11-14(5-3-4-8-17)15-9-13(10-18)6-7-16(15)19/h6-7,9,11-12H,3-5,8H2,1-2H3. The van der Waals surface area contributed by atoms with Crippen molar-refractivity contribution in [3.63, 3.8) is 0 Å². The fourth-order valence-electron chi connectivity index (χ4n) is 2.43. The van der Waals surface area contributed by atoms with Crippen molar-refractivity contribution in [2.45, 2.75) is 39.2 Å². The van der Waals surface area contributed by atoms with E-state index in [-0.39, 0.29) is 0 Å². The minimum absolute atomic E-state index is 0.428. The lowest BCUT2D eigenvalue weighted by Gasteiger charge is -2.08. The Bertz CT molecular complexity index is 605. The summed E-state index contributed by atoms with van der Waals surface area (Å²) in [5.41, 5.74) is 3.27. The quantitative estimate of drug-likeness (QED) is 0.576. The van der Waals surface area contributed by atoms with E-state index >= 15 is 0 Å². The molecule has 1 aromatic heterocycles. The maximum atomic E-state index is 9.04. The topological polar surface area (TPSA) is 28.7 Å². The van der Waals surface area contributed by atoms with Crippen LogP contribution in [-0.4, -0.2) is 10.4 Å². The van der Waals surface area contributed by atoms with E-state index in [1.165, 1.54) is 16.5 Å². The molecule has 0 amide bonds. The number of fused-ring (bicyclic) bond motifs is 1. The Morgan fingerprint density at radius 2 is 2.11 bits per heavy atom. The van der Waals surface area contributed by atoms with Gasteiger partial charge in [-0.3, -0.25) is 0 Å². The smallest absolute Gasteiger partial charge is 0.0991 e. The lowest BCUT2D eigenvalue weighted by molar-refractivity contribution is 0.620. The van der Waals surface area contributed by atoms with Gasteiger partial charge >= 0.3 is 0 Å². The highest BCUT2D eigenvalue weighted by molar-refractivity contribution is 6.17. The molecule has 1 heterocycles. The summed E-state index contributed by atoms with van der Waals surface area (Å²) in [5, 5.41) is 10.3. The van der Waals surface area contributed by atoms with Gasteiger partial charge in [0.2, 0.25) is 0 Å². The van der Waals surface area contributed by atoms with Crippen molar-refractivity contribution in [2.75, 3.05) is 5.88 Å². The lowest BCUT2D eigenvalue weighted by Crippen LogP contribution is -1.97. The molecule has 0 atom stereocenters. The number of aryl methyl sites for hydroxylation is 1. The molecule has 0 bridgehead atoms. The van der Waals surface area contributed by atoms with E-state index in [2.05, 4.69) is 36.7 Å². The van der Waals surface area contributed by atoms with E-state index < -0.39 is 0 Å². The molecule has 19 heavy (non-hydrogen) atoms. The maximum Gasteiger partial charge on any atom is 0.0991 e. The minimum Gasteiger partial charge on any atom is -0.345 e. The van der Waals surface area contributed by atoms with Gasteiger partial charge in [0.05, 0.1) is 11.6 Å². The third kappa shape index (κ3) is 2.93. The molecular weight excluding hydrogens is 256 g/mol. The Hall–Kier alpha value is -1.46. The fraction of sp³-hybridized carbons (Fsp3) is 0.438. The highest BCUT2D eigenvalue weighted by atomic mass is 35.5. The Kier molecular flexibility index (Phi) is 4.50. The van der Waals surface area contributed by atoms with Crippen molar-refractivity contribution in [2.24, 2.45) is 0 Å². The second-order valence-corrected chi connectivity index (χ2v) is 5.52. The number of halogens is 1. The highest BCUT2D eigenvalue weighted by Gasteiger charge is 2.11. The molecule has 2 nitrogen and oxygen atoms in total. The summed E-state index contributed by atoms with van der Waals surface area (Å²) in [4.78, 5) is 0. The average molecular weight is 275 g/mol. The molecule has 1 aromatic carbocycles. The van der Waals surface area contributed by atoms with Crippen molar-refractivity contribution >= 4 is 22.5 Å². The Balaban J connectivity index is 2.46. The van der Waals surface area contributed by atoms with E-state index in [0.717, 1.165) is 24.8 Å². The van der Waals surface area contributed by atoms with Gasteiger partial charge in [-0.05, 0) is 56.9 Å². The van der Waals surface area contributed by atoms with E-state index in [0.29, 0.717) is 11.9 Å². The SMILES string of the molecule is CC(C)n1cc(CCCCCl)c2cc(C#N)ccc21. The minimum atomic E-state index is 0.428. The van der Waals surface area contributed by atoms with Gasteiger partial charge in [-0.25, -0.2) is 0 Å². The summed E-state index contributed by atoms with van der Waals surface area (Å²) >= 11 is 5.74. The zero-order valence-corrected chi connectivity index (χ0v) is 12.2. The molecule has 0 aliphatic rings. The van der Waals surface area contributed by atoms with Crippen LogP contribution in [0.4, 0.5) is 0 Å². The zero-order valence-electron chi connectivity index (χ0n) is 11.5. The number of nitrogens with zero attached hydrogens (tertiary/aromatic N) is 2. The van der Waals surface area contributed by atoms with E-state index in [9.17, 15) is 0 Å². The summed E-state index contributed by atoms with van der Waals surface area (Å²) in [6.45, 7) is 4.36. The van der Waals surface area contributed by atoms with Crippen molar-refractivity contribution in [1.82, 2.24) is 4.57 Å². The summed E-state index contributed by atoms with van der Waals surface area (Å²) in [6, 6.07) is 8.60. The first-order valence-corrected chi connectivity index (χ1v) is 7.30. The van der Waals surface area contributed by atoms with Crippen LogP contribution in [0.15, 0.2) is 24.4 Å². The number of benzene rings is 1. The Labute approximate surface area is 119 Å². The lowest BCUT2D eigenvalue weighted by atomic mass is 10.1. The predicted octanol–water partition coefficient (Wildman–Crippen LogP) is 4.66. The molecule has 0 fully saturated rings. The van der Waals surface area contributed by atoms with Gasteiger partial charge in [-0.2, -0.15) is 5.26 Å². The van der Waals surface area contributed by atoms with Crippen LogP contribution in [0.2, 0.25) is 0 Å². The van der Waals surface area contributed by atoms with Gasteiger partial charge in [0.15, 0.2) is 0 Å². The molecule has 0 N–H and O–H groups in total. The number of rotatable bonds is 5. The van der Waals surface area contributed by atoms with Crippen LogP contribution >= 0.6 is 11.6 Å². The highest BCUT2D eigenvalue weighted by Crippen LogP contribution is 2.27. The van der Waals surface area contributed by atoms with Gasteiger partial charge in [-0.1, -0.05) is 0 Å². The van der Waals surface area contributed by atoms with Crippen LogP contribution in [-0.2, 0) is 6.42 Å². The number of unbranched alkanes of at least 4 members (excludes halogenated alkanes) is 1. The number of nitriles is 1. The van der Waals surface area contributed by atoms with Gasteiger partial charge in [0.1, 0.15) is 0 Å². The summed E-state index contributed by atoms with van der Waals surface area (Å²) in [7, 11) is 0. The van der Waals surface area contributed by atoms with Gasteiger partial charge < -0.3 is 4.57 Å². The zero-order chi connectivity index (χ0) is 13.8. The van der Waals surface area contributed by atoms with Crippen molar-refractivity contribution in [3.05, 3.63) is 35.5 Å². The monoisotopic (exact) mass is 274 g/mol. The van der Waals surface area contributed by atoms with E-state index in [1.54, 1.807) is 0 Å². The van der Waals surface area contributed by atoms with Crippen LogP contribution in [0.5, 0.6) is 0 Å². The van der Waals surface area contributed by atoms with Crippen LogP contribution < -0.4 is 0 Å². The maximum absolute atomic E-state index is 9.04. The van der Waals surface area contributed by atoms with E-state index in [1.807, 2.05) is 12.1 Å². The third-order valence-corrected chi connectivity index (χ3v) is 3.70. The largest absolute Gasteiger partial charge is 0.345 e. The molecule has 0 aliphatic heterocycles. The predicted molar refractivity (Wildman–Crippen MR) is 80.7 cm³/mol. The first-order chi connectivity index (χ1) is 9.17. The molecule has 3 heteroatoms. The van der Waals surface area contributed by atoms with Crippen LogP contribution in [0, 0.1) is 11.3 Å². The second kappa shape index (κ2) is 6.12. The molecule has 0 unspecified atom stereocenters. The van der Waals surface area contributed by atoms with Gasteiger partial charge in [-0.15, -0.1) is 11.6 Å². The summed E-state index contributed by atoms with van der Waals surface area (Å²) < 4.78 is 2.28. The molecule has 2 rings (SSSR count). The van der Waals surface area contributed by atoms with Crippen molar-refractivity contribution in [1.29, 1.82) is 5.26 Å². The van der Waals surface area contributed by atoms with Crippen LogP contribution in [0.3, 0.4) is 0 Å². The molecule has 0 spiro atoms. The number of hydrogen-bond donors (Lipinski definition) is 0. The first-order valence-electron chi connectivity index (χ1n) is 6.77. The van der Waals surface area contributed by atoms with Crippen LogP contribution in [0.25, 0.3) is 10.9 Å². The molecule has 0 aliphatic carbocycles. The Morgan fingerprint density at radius 1 is 1.32 bits per heavy atom. The third-order valence-electron chi connectivity index (χ3n) is 3.43. The van der Waals surface area contributed by atoms with Gasteiger partial charge in [0, 0.05) is 29.0 Å². The summed E-state index contributed by atoms with van der Waals surface area (Å²) in [5.74, 6) is 0.715. The Morgan fingerprint density at radius 3 is 2.74 bits per heavy atom. The molecule has 0 saturated carbocycles. The molecule has 2 aromatic rings. The second-order valence-electron chi connectivity index (χ2n) is 5.15. The van der Waals surface area contributed by atoms with E-state index in [4.69, 9.17) is 16.9 Å². The van der Waals surface area contributed by atoms with Gasteiger partial charge in [0.25, 0.3) is 0 Å². The number of aromatic nitrogens is 1. The van der Waals surface area contributed by atoms with Crippen LogP contribution in [0.1, 0.15) is 43.9 Å². The normalized spacial score (nSPS) is 11.1. The molecule has 0 radical (unpaired) electrons. The van der Waals surface area contributed by atoms with Crippen molar-refractivity contribution in [3.8, 4) is 6.07 Å². The fourth-order valence-corrected chi connectivity index (χ4v) is 2.62. The molecular formula is C16H19ClN2. The molecule has 100 valence electrons. The molecule has 0 saturated heterocycles. The summed E-state index contributed by atoms with van der Waals surface area (Å²) in [6.07, 6.45) is 5.38. The first kappa shape index (κ1) is 14.0. The number of hydrogen-bond acceptors (Lipinski definition) is 1. The number of alkyl halides is 1. The van der Waals surface area contributed by atoms with Crippen molar-refractivity contribution < 1.29 is 0 Å².